The minimum atomic E-state index is -1.08. The van der Waals surface area contributed by atoms with Crippen LogP contribution in [0.3, 0.4) is 0 Å². The molecule has 0 aliphatic carbocycles. The molecule has 7 nitrogen and oxygen atoms in total. The van der Waals surface area contributed by atoms with Crippen LogP contribution in [0.25, 0.3) is 0 Å². The molecule has 0 bridgehead atoms. The second-order valence-electron chi connectivity index (χ2n) is 4.65. The summed E-state index contributed by atoms with van der Waals surface area (Å²) in [5.41, 5.74) is 0.229. The van der Waals surface area contributed by atoms with E-state index >= 15 is 0 Å². The van der Waals surface area contributed by atoms with Gasteiger partial charge in [0.25, 0.3) is 0 Å². The highest BCUT2D eigenvalue weighted by molar-refractivity contribution is 5.89. The fourth-order valence-electron chi connectivity index (χ4n) is 1.38. The van der Waals surface area contributed by atoms with Gasteiger partial charge in [-0.05, 0) is 18.2 Å². The lowest BCUT2D eigenvalue weighted by atomic mass is 10.2. The van der Waals surface area contributed by atoms with E-state index in [0.717, 1.165) is 0 Å². The van der Waals surface area contributed by atoms with Gasteiger partial charge >= 0.3 is 18.1 Å². The molecule has 0 amide bonds. The quantitative estimate of drug-likeness (QED) is 0.469. The molecule has 0 fully saturated rings. The summed E-state index contributed by atoms with van der Waals surface area (Å²) in [6.45, 7) is 4.71. The van der Waals surface area contributed by atoms with E-state index in [1.807, 2.05) is 0 Å². The average Bonchev–Trinajstić information content (AvgIpc) is 2.46. The zero-order valence-corrected chi connectivity index (χ0v) is 12.8. The Kier molecular flexibility index (Phi) is 6.37. The molecule has 7 heteroatoms. The van der Waals surface area contributed by atoms with Crippen molar-refractivity contribution < 1.29 is 33.3 Å². The first-order valence-electron chi connectivity index (χ1n) is 6.60. The van der Waals surface area contributed by atoms with Crippen LogP contribution < -0.4 is 4.74 Å². The maximum Gasteiger partial charge on any atom is 0.516 e. The molecule has 0 spiro atoms. The molecule has 1 atom stereocenters. The first-order chi connectivity index (χ1) is 10.3. The number of carbonyl (C=O) groups is 3. The van der Waals surface area contributed by atoms with Gasteiger partial charge in [-0.2, -0.15) is 0 Å². The smallest absolute Gasteiger partial charge is 0.465 e. The van der Waals surface area contributed by atoms with Crippen LogP contribution in [-0.4, -0.2) is 31.5 Å². The van der Waals surface area contributed by atoms with Crippen LogP contribution >= 0.6 is 0 Å². The van der Waals surface area contributed by atoms with E-state index in [1.54, 1.807) is 13.8 Å². The van der Waals surface area contributed by atoms with Gasteiger partial charge in [-0.25, -0.2) is 9.59 Å². The molecular formula is C15H18O7. The first-order valence-corrected chi connectivity index (χ1v) is 6.60. The third-order valence-corrected chi connectivity index (χ3v) is 2.47. The molecule has 1 unspecified atom stereocenters. The summed E-state index contributed by atoms with van der Waals surface area (Å²) in [4.78, 5) is 34.3. The second kappa shape index (κ2) is 8.02. The molecule has 1 aromatic carbocycles. The van der Waals surface area contributed by atoms with Crippen LogP contribution in [-0.2, 0) is 19.0 Å². The molecular weight excluding hydrogens is 292 g/mol. The Morgan fingerprint density at radius 3 is 2.32 bits per heavy atom. The van der Waals surface area contributed by atoms with Gasteiger partial charge < -0.3 is 18.9 Å². The Hall–Kier alpha value is -2.57. The maximum atomic E-state index is 11.6. The van der Waals surface area contributed by atoms with E-state index in [0.29, 0.717) is 0 Å². The molecule has 1 aromatic rings. The summed E-state index contributed by atoms with van der Waals surface area (Å²) >= 11 is 0. The molecule has 0 heterocycles. The molecule has 0 aliphatic rings. The number of ether oxygens (including phenoxy) is 4. The maximum absolute atomic E-state index is 11.6. The number of esters is 2. The minimum absolute atomic E-state index is 0.107. The van der Waals surface area contributed by atoms with Crippen molar-refractivity contribution in [2.45, 2.75) is 27.1 Å². The molecule has 0 N–H and O–H groups in total. The van der Waals surface area contributed by atoms with Crippen LogP contribution in [0.2, 0.25) is 0 Å². The number of hydrogen-bond acceptors (Lipinski definition) is 7. The van der Waals surface area contributed by atoms with E-state index in [2.05, 4.69) is 4.74 Å². The first kappa shape index (κ1) is 17.5. The van der Waals surface area contributed by atoms with Crippen molar-refractivity contribution >= 4 is 18.1 Å². The largest absolute Gasteiger partial charge is 0.516 e. The second-order valence-corrected chi connectivity index (χ2v) is 4.65. The lowest BCUT2D eigenvalue weighted by Gasteiger charge is -2.15. The lowest BCUT2D eigenvalue weighted by molar-refractivity contribution is -0.170. The summed E-state index contributed by atoms with van der Waals surface area (Å²) in [7, 11) is 1.24. The van der Waals surface area contributed by atoms with Crippen LogP contribution in [0, 0.1) is 5.92 Å². The predicted molar refractivity (Wildman–Crippen MR) is 75.3 cm³/mol. The summed E-state index contributed by atoms with van der Waals surface area (Å²) in [5.74, 6) is -1.28. The number of rotatable bonds is 5. The third-order valence-electron chi connectivity index (χ3n) is 2.47. The molecule has 120 valence electrons. The van der Waals surface area contributed by atoms with Gasteiger partial charge in [0.1, 0.15) is 5.75 Å². The van der Waals surface area contributed by atoms with Crippen molar-refractivity contribution in [1.29, 1.82) is 0 Å². The highest BCUT2D eigenvalue weighted by Crippen LogP contribution is 2.15. The monoisotopic (exact) mass is 310 g/mol. The van der Waals surface area contributed by atoms with E-state index in [9.17, 15) is 14.4 Å². The average molecular weight is 310 g/mol. The molecule has 0 saturated carbocycles. The fraction of sp³-hybridized carbons (Fsp3) is 0.400. The normalized spacial score (nSPS) is 11.5. The zero-order chi connectivity index (χ0) is 16.7. The van der Waals surface area contributed by atoms with E-state index in [-0.39, 0.29) is 17.2 Å². The van der Waals surface area contributed by atoms with E-state index < -0.39 is 24.4 Å². The van der Waals surface area contributed by atoms with Crippen LogP contribution in [0.5, 0.6) is 5.75 Å². The zero-order valence-electron chi connectivity index (χ0n) is 12.8. The van der Waals surface area contributed by atoms with Crippen molar-refractivity contribution in [3.8, 4) is 5.75 Å². The van der Waals surface area contributed by atoms with Gasteiger partial charge in [0.15, 0.2) is 0 Å². The van der Waals surface area contributed by atoms with Crippen molar-refractivity contribution in [1.82, 2.24) is 0 Å². The fourth-order valence-corrected chi connectivity index (χ4v) is 1.38. The molecule has 0 saturated heterocycles. The van der Waals surface area contributed by atoms with Crippen LogP contribution in [0.4, 0.5) is 4.79 Å². The highest BCUT2D eigenvalue weighted by Gasteiger charge is 2.18. The standard InChI is InChI=1S/C15H18O7/c1-9(2)13(16)20-10(3)21-15(18)22-12-7-5-6-11(8-12)14(17)19-4/h5-10H,1-4H3. The number of hydrogen-bond donors (Lipinski definition) is 0. The number of benzene rings is 1. The molecule has 0 aliphatic heterocycles. The molecule has 22 heavy (non-hydrogen) atoms. The molecule has 0 radical (unpaired) electrons. The van der Waals surface area contributed by atoms with Crippen LogP contribution in [0.1, 0.15) is 31.1 Å². The Labute approximate surface area is 128 Å². The van der Waals surface area contributed by atoms with Gasteiger partial charge in [0, 0.05) is 6.92 Å². The summed E-state index contributed by atoms with van der Waals surface area (Å²) in [6, 6.07) is 5.84. The number of methoxy groups -OCH3 is 1. The van der Waals surface area contributed by atoms with Crippen molar-refractivity contribution in [2.24, 2.45) is 5.92 Å². The van der Waals surface area contributed by atoms with E-state index in [1.165, 1.54) is 38.3 Å². The third kappa shape index (κ3) is 5.43. The molecule has 0 aromatic heterocycles. The highest BCUT2D eigenvalue weighted by atomic mass is 16.8. The molecule has 1 rings (SSSR count). The van der Waals surface area contributed by atoms with E-state index in [4.69, 9.17) is 14.2 Å². The van der Waals surface area contributed by atoms with Crippen molar-refractivity contribution in [3.63, 3.8) is 0 Å². The van der Waals surface area contributed by atoms with Crippen LogP contribution in [0.15, 0.2) is 24.3 Å². The van der Waals surface area contributed by atoms with Crippen molar-refractivity contribution in [2.75, 3.05) is 7.11 Å². The number of carbonyl (C=O) groups excluding carboxylic acids is 3. The Morgan fingerprint density at radius 1 is 1.05 bits per heavy atom. The Bertz CT molecular complexity index is 551. The topological polar surface area (TPSA) is 88.1 Å². The summed E-state index contributed by atoms with van der Waals surface area (Å²) < 4.78 is 19.1. The van der Waals surface area contributed by atoms with Gasteiger partial charge in [-0.1, -0.05) is 19.9 Å². The van der Waals surface area contributed by atoms with Gasteiger partial charge in [0.05, 0.1) is 18.6 Å². The Morgan fingerprint density at radius 2 is 1.73 bits per heavy atom. The summed E-state index contributed by atoms with van der Waals surface area (Å²) in [5, 5.41) is 0. The lowest BCUT2D eigenvalue weighted by Crippen LogP contribution is -2.25. The van der Waals surface area contributed by atoms with Gasteiger partial charge in [0.2, 0.25) is 6.29 Å². The Balaban J connectivity index is 2.58. The SMILES string of the molecule is COC(=O)c1cccc(OC(=O)OC(C)OC(=O)C(C)C)c1. The summed E-state index contributed by atoms with van der Waals surface area (Å²) in [6.07, 6.45) is -2.13. The van der Waals surface area contributed by atoms with Crippen molar-refractivity contribution in [3.05, 3.63) is 29.8 Å². The van der Waals surface area contributed by atoms with Gasteiger partial charge in [-0.3, -0.25) is 4.79 Å². The predicted octanol–water partition coefficient (Wildman–Crippen LogP) is 2.53. The minimum Gasteiger partial charge on any atom is -0.465 e. The van der Waals surface area contributed by atoms with Gasteiger partial charge in [-0.15, -0.1) is 0 Å².